The number of benzene rings is 1. The Kier molecular flexibility index (Phi) is 4.87. The molecule has 3 aromatic heterocycles. The molecule has 0 aliphatic carbocycles. The number of nitrogens with one attached hydrogen (secondary N) is 1. The number of furan rings is 1. The van der Waals surface area contributed by atoms with Crippen LogP contribution in [0.4, 0.5) is 0 Å². The smallest absolute Gasteiger partial charge is 0.230 e. The van der Waals surface area contributed by atoms with Crippen molar-refractivity contribution in [3.8, 4) is 17.0 Å². The molecule has 36 heavy (non-hydrogen) atoms. The van der Waals surface area contributed by atoms with E-state index in [0.29, 0.717) is 51.9 Å². The number of likely N-dealkylation sites (tertiary alicyclic amines) is 1. The molecule has 0 bridgehead atoms. The van der Waals surface area contributed by atoms with Crippen LogP contribution in [0.2, 0.25) is 5.02 Å². The lowest BCUT2D eigenvalue weighted by Crippen LogP contribution is -2.28. The molecule has 0 spiro atoms. The van der Waals surface area contributed by atoms with E-state index < -0.39 is 0 Å². The lowest BCUT2D eigenvalue weighted by molar-refractivity contribution is -0.139. The maximum absolute atomic E-state index is 12.1. The van der Waals surface area contributed by atoms with Crippen LogP contribution in [0.5, 0.6) is 5.75 Å². The number of hydrogen-bond donors (Lipinski definition) is 1. The van der Waals surface area contributed by atoms with Gasteiger partial charge in [0.15, 0.2) is 17.4 Å². The SMILES string of the molecule is O=C1CCC(=O)N1Cc1cc2ncnc(-c3cc(Cl)cc4c3O[C@@H](c3onc5c3CNCC5)C4)c2o1. The van der Waals surface area contributed by atoms with Gasteiger partial charge in [-0.2, -0.15) is 0 Å². The van der Waals surface area contributed by atoms with E-state index in [1.54, 1.807) is 12.1 Å². The number of carbonyl (C=O) groups is 2. The van der Waals surface area contributed by atoms with Crippen LogP contribution in [-0.2, 0) is 35.5 Å². The molecule has 1 N–H and O–H groups in total. The van der Waals surface area contributed by atoms with Crippen LogP contribution in [0.15, 0.2) is 33.5 Å². The fourth-order valence-corrected chi connectivity index (χ4v) is 5.43. The molecule has 0 unspecified atom stereocenters. The number of rotatable bonds is 4. The quantitative estimate of drug-likeness (QED) is 0.415. The van der Waals surface area contributed by atoms with Crippen molar-refractivity contribution in [2.75, 3.05) is 6.54 Å². The highest BCUT2D eigenvalue weighted by atomic mass is 35.5. The van der Waals surface area contributed by atoms with Gasteiger partial charge in [0.25, 0.3) is 0 Å². The van der Waals surface area contributed by atoms with Gasteiger partial charge < -0.3 is 19.0 Å². The Morgan fingerprint density at radius 3 is 2.83 bits per heavy atom. The van der Waals surface area contributed by atoms with E-state index in [-0.39, 0.29) is 37.3 Å². The lowest BCUT2D eigenvalue weighted by atomic mass is 10.0. The molecule has 6 heterocycles. The van der Waals surface area contributed by atoms with Gasteiger partial charge in [-0.05, 0) is 12.1 Å². The molecule has 1 saturated heterocycles. The van der Waals surface area contributed by atoms with Crippen molar-refractivity contribution in [1.29, 1.82) is 0 Å². The number of halogens is 1. The van der Waals surface area contributed by atoms with Crippen LogP contribution in [-0.4, -0.2) is 38.4 Å². The Bertz CT molecular complexity index is 1540. The molecule has 4 aromatic rings. The average molecular weight is 506 g/mol. The minimum Gasteiger partial charge on any atom is -0.481 e. The molecular weight excluding hydrogens is 486 g/mol. The molecule has 11 heteroatoms. The zero-order valence-electron chi connectivity index (χ0n) is 19.0. The topological polar surface area (TPSA) is 124 Å². The summed E-state index contributed by atoms with van der Waals surface area (Å²) < 4.78 is 18.2. The molecule has 2 amide bonds. The second kappa shape index (κ2) is 8.14. The summed E-state index contributed by atoms with van der Waals surface area (Å²) in [6.07, 6.45) is 2.97. The minimum absolute atomic E-state index is 0.0599. The number of ether oxygens (including phenoxy) is 1. The second-order valence-corrected chi connectivity index (χ2v) is 9.61. The van der Waals surface area contributed by atoms with Gasteiger partial charge in [0.2, 0.25) is 11.8 Å². The maximum atomic E-state index is 12.1. The van der Waals surface area contributed by atoms with E-state index in [1.165, 1.54) is 11.2 Å². The molecule has 1 fully saturated rings. The van der Waals surface area contributed by atoms with Crippen molar-refractivity contribution >= 4 is 34.5 Å². The third kappa shape index (κ3) is 3.40. The molecule has 182 valence electrons. The van der Waals surface area contributed by atoms with Crippen molar-refractivity contribution in [2.24, 2.45) is 0 Å². The summed E-state index contributed by atoms with van der Waals surface area (Å²) in [5, 5.41) is 8.15. The largest absolute Gasteiger partial charge is 0.481 e. The number of aromatic nitrogens is 3. The zero-order chi connectivity index (χ0) is 24.4. The van der Waals surface area contributed by atoms with E-state index in [2.05, 4.69) is 20.4 Å². The van der Waals surface area contributed by atoms with Crippen LogP contribution in [0.1, 0.15) is 47.3 Å². The van der Waals surface area contributed by atoms with Gasteiger partial charge in [0.05, 0.1) is 12.2 Å². The summed E-state index contributed by atoms with van der Waals surface area (Å²) in [4.78, 5) is 34.2. The molecule has 3 aliphatic heterocycles. The minimum atomic E-state index is -0.329. The van der Waals surface area contributed by atoms with Gasteiger partial charge in [-0.3, -0.25) is 14.5 Å². The fraction of sp³-hybridized carbons (Fsp3) is 0.320. The van der Waals surface area contributed by atoms with Crippen molar-refractivity contribution in [2.45, 2.75) is 44.9 Å². The van der Waals surface area contributed by atoms with Crippen LogP contribution >= 0.6 is 11.6 Å². The number of amides is 2. The molecule has 1 aromatic carbocycles. The van der Waals surface area contributed by atoms with Crippen LogP contribution in [0.25, 0.3) is 22.4 Å². The Hall–Kier alpha value is -3.76. The van der Waals surface area contributed by atoms with Gasteiger partial charge in [-0.25, -0.2) is 9.97 Å². The number of hydrogen-bond acceptors (Lipinski definition) is 9. The van der Waals surface area contributed by atoms with E-state index >= 15 is 0 Å². The summed E-state index contributed by atoms with van der Waals surface area (Å²) in [5.41, 5.74) is 5.15. The molecular formula is C25H20ClN5O5. The van der Waals surface area contributed by atoms with E-state index in [4.69, 9.17) is 25.3 Å². The van der Waals surface area contributed by atoms with Gasteiger partial charge in [-0.15, -0.1) is 0 Å². The summed E-state index contributed by atoms with van der Waals surface area (Å²) in [6, 6.07) is 5.40. The van der Waals surface area contributed by atoms with Crippen LogP contribution < -0.4 is 10.1 Å². The van der Waals surface area contributed by atoms with Gasteiger partial charge >= 0.3 is 0 Å². The standard InChI is InChI=1S/C25H20ClN5O5/c26-13-5-12-6-19(24-16-9-27-4-3-17(16)30-36-24)35-23(12)15(7-13)22-25-18(28-11-29-22)8-14(34-25)10-31-20(32)1-2-21(31)33/h5,7-8,11,19,27H,1-4,6,9-10H2/t19-/m1/s1. The Morgan fingerprint density at radius 2 is 1.97 bits per heavy atom. The highest BCUT2D eigenvalue weighted by Gasteiger charge is 2.35. The highest BCUT2D eigenvalue weighted by Crippen LogP contribution is 2.46. The molecule has 0 saturated carbocycles. The first kappa shape index (κ1) is 21.5. The summed E-state index contributed by atoms with van der Waals surface area (Å²) in [6.45, 7) is 1.63. The fourth-order valence-electron chi connectivity index (χ4n) is 5.19. The highest BCUT2D eigenvalue weighted by molar-refractivity contribution is 6.31. The van der Waals surface area contributed by atoms with Crippen molar-refractivity contribution < 1.29 is 23.3 Å². The van der Waals surface area contributed by atoms with Crippen molar-refractivity contribution in [1.82, 2.24) is 25.3 Å². The first-order valence-electron chi connectivity index (χ1n) is 11.8. The molecule has 0 radical (unpaired) electrons. The normalized spacial score (nSPS) is 19.1. The summed E-state index contributed by atoms with van der Waals surface area (Å²) in [5.74, 6) is 1.42. The molecule has 10 nitrogen and oxygen atoms in total. The first-order chi connectivity index (χ1) is 17.5. The Morgan fingerprint density at radius 1 is 1.11 bits per heavy atom. The molecule has 7 rings (SSSR count). The van der Waals surface area contributed by atoms with Crippen molar-refractivity contribution in [3.05, 3.63) is 57.9 Å². The molecule has 3 aliphatic rings. The summed E-state index contributed by atoms with van der Waals surface area (Å²) in [7, 11) is 0. The zero-order valence-corrected chi connectivity index (χ0v) is 19.8. The van der Waals surface area contributed by atoms with Crippen LogP contribution in [0.3, 0.4) is 0 Å². The average Bonchev–Trinajstić information content (AvgIpc) is 3.65. The number of imide groups is 1. The maximum Gasteiger partial charge on any atom is 0.230 e. The van der Waals surface area contributed by atoms with Gasteiger partial charge in [-0.1, -0.05) is 16.8 Å². The number of carbonyl (C=O) groups excluding carboxylic acids is 2. The number of fused-ring (bicyclic) bond motifs is 3. The monoisotopic (exact) mass is 505 g/mol. The van der Waals surface area contributed by atoms with E-state index in [1.807, 2.05) is 6.07 Å². The number of nitrogens with zero attached hydrogens (tertiary/aromatic N) is 4. The first-order valence-corrected chi connectivity index (χ1v) is 12.2. The third-order valence-electron chi connectivity index (χ3n) is 6.91. The van der Waals surface area contributed by atoms with E-state index in [0.717, 1.165) is 35.5 Å². The van der Waals surface area contributed by atoms with E-state index in [9.17, 15) is 9.59 Å². The predicted octanol–water partition coefficient (Wildman–Crippen LogP) is 3.50. The van der Waals surface area contributed by atoms with Crippen molar-refractivity contribution in [3.63, 3.8) is 0 Å². The Labute approximate surface area is 209 Å². The van der Waals surface area contributed by atoms with Gasteiger partial charge in [0.1, 0.15) is 29.0 Å². The summed E-state index contributed by atoms with van der Waals surface area (Å²) >= 11 is 6.51. The lowest BCUT2D eigenvalue weighted by Gasteiger charge is -2.14. The van der Waals surface area contributed by atoms with Crippen LogP contribution in [0, 0.1) is 0 Å². The third-order valence-corrected chi connectivity index (χ3v) is 7.13. The Balaban J connectivity index is 1.27. The van der Waals surface area contributed by atoms with Gasteiger partial charge in [0, 0.05) is 66.6 Å². The predicted molar refractivity (Wildman–Crippen MR) is 126 cm³/mol. The molecule has 1 atom stereocenters. The second-order valence-electron chi connectivity index (χ2n) is 9.17.